The van der Waals surface area contributed by atoms with Gasteiger partial charge in [-0.05, 0) is 26.0 Å². The quantitative estimate of drug-likeness (QED) is 0.306. The van der Waals surface area contributed by atoms with E-state index in [-0.39, 0.29) is 35.5 Å². The molecule has 0 aliphatic carbocycles. The second-order valence-corrected chi connectivity index (χ2v) is 6.07. The van der Waals surface area contributed by atoms with Gasteiger partial charge in [-0.15, -0.1) is 10.2 Å². The van der Waals surface area contributed by atoms with Gasteiger partial charge in [0.1, 0.15) is 5.56 Å². The summed E-state index contributed by atoms with van der Waals surface area (Å²) in [6.07, 6.45) is -0.931. The number of nitro groups is 1. The smallest absolute Gasteiger partial charge is 0.346 e. The maximum absolute atomic E-state index is 12.7. The van der Waals surface area contributed by atoms with Crippen LogP contribution < -0.4 is 9.47 Å². The fourth-order valence-electron chi connectivity index (χ4n) is 2.66. The molecule has 10 nitrogen and oxygen atoms in total. The van der Waals surface area contributed by atoms with Gasteiger partial charge < -0.3 is 18.6 Å². The average Bonchev–Trinajstić information content (AvgIpc) is 3.24. The van der Waals surface area contributed by atoms with E-state index in [2.05, 4.69) is 10.2 Å². The second-order valence-electron chi connectivity index (χ2n) is 6.07. The first kappa shape index (κ1) is 20.8. The number of ether oxygens (including phenoxy) is 3. The standard InChI is InChI=1S/C20H19N3O7/c1-4-28-17-10-14(15(23(25)26)11-16(17)27-3)20(24)29-12(2)18-21-22-19(30-18)13-8-6-5-7-9-13/h5-12H,4H2,1-3H3. The minimum absolute atomic E-state index is 0.0587. The van der Waals surface area contributed by atoms with Crippen molar-refractivity contribution in [1.29, 1.82) is 0 Å². The van der Waals surface area contributed by atoms with Crippen molar-refractivity contribution < 1.29 is 28.3 Å². The zero-order chi connectivity index (χ0) is 21.7. The summed E-state index contributed by atoms with van der Waals surface area (Å²) in [5.41, 5.74) is -0.0381. The Balaban J connectivity index is 1.85. The third-order valence-electron chi connectivity index (χ3n) is 4.09. The van der Waals surface area contributed by atoms with Crippen LogP contribution in [0.1, 0.15) is 36.2 Å². The van der Waals surface area contributed by atoms with Crippen LogP contribution in [0.15, 0.2) is 46.9 Å². The molecule has 1 aromatic heterocycles. The topological polar surface area (TPSA) is 127 Å². The molecule has 1 unspecified atom stereocenters. The zero-order valence-electron chi connectivity index (χ0n) is 16.5. The van der Waals surface area contributed by atoms with Crippen LogP contribution in [0.2, 0.25) is 0 Å². The first-order chi connectivity index (χ1) is 14.4. The molecule has 0 saturated heterocycles. The molecule has 0 aliphatic heterocycles. The van der Waals surface area contributed by atoms with E-state index in [4.69, 9.17) is 18.6 Å². The Hall–Kier alpha value is -3.95. The van der Waals surface area contributed by atoms with Crippen molar-refractivity contribution in [2.24, 2.45) is 0 Å². The molecule has 2 aromatic carbocycles. The van der Waals surface area contributed by atoms with E-state index < -0.39 is 22.7 Å². The summed E-state index contributed by atoms with van der Waals surface area (Å²) in [4.78, 5) is 23.4. The molecule has 0 bridgehead atoms. The fraction of sp³-hybridized carbons (Fsp3) is 0.250. The first-order valence-corrected chi connectivity index (χ1v) is 9.03. The van der Waals surface area contributed by atoms with E-state index in [0.717, 1.165) is 6.07 Å². The number of carbonyl (C=O) groups is 1. The molecular weight excluding hydrogens is 394 g/mol. The first-order valence-electron chi connectivity index (χ1n) is 9.03. The van der Waals surface area contributed by atoms with E-state index >= 15 is 0 Å². The van der Waals surface area contributed by atoms with Gasteiger partial charge in [0.2, 0.25) is 5.89 Å². The number of hydrogen-bond donors (Lipinski definition) is 0. The summed E-state index contributed by atoms with van der Waals surface area (Å²) in [7, 11) is 1.35. The Morgan fingerprint density at radius 3 is 2.57 bits per heavy atom. The number of carbonyl (C=O) groups excluding carboxylic acids is 1. The highest BCUT2D eigenvalue weighted by atomic mass is 16.6. The van der Waals surface area contributed by atoms with Crippen LogP contribution in [0.4, 0.5) is 5.69 Å². The lowest BCUT2D eigenvalue weighted by Gasteiger charge is -2.13. The summed E-state index contributed by atoms with van der Waals surface area (Å²) in [5.74, 6) is -0.282. The van der Waals surface area contributed by atoms with Gasteiger partial charge in [-0.1, -0.05) is 18.2 Å². The summed E-state index contributed by atoms with van der Waals surface area (Å²) in [6, 6.07) is 11.4. The van der Waals surface area contributed by atoms with E-state index in [1.807, 2.05) is 18.2 Å². The maximum atomic E-state index is 12.7. The van der Waals surface area contributed by atoms with E-state index in [1.165, 1.54) is 20.1 Å². The third-order valence-corrected chi connectivity index (χ3v) is 4.09. The Kier molecular flexibility index (Phi) is 6.26. The van der Waals surface area contributed by atoms with Crippen molar-refractivity contribution in [3.63, 3.8) is 0 Å². The van der Waals surface area contributed by atoms with Gasteiger partial charge in [-0.2, -0.15) is 0 Å². The van der Waals surface area contributed by atoms with Crippen LogP contribution in [0, 0.1) is 10.1 Å². The molecule has 10 heteroatoms. The van der Waals surface area contributed by atoms with Crippen molar-refractivity contribution in [2.45, 2.75) is 20.0 Å². The summed E-state index contributed by atoms with van der Waals surface area (Å²) in [6.45, 7) is 3.54. The number of methoxy groups -OCH3 is 1. The SMILES string of the molecule is CCOc1cc(C(=O)OC(C)c2nnc(-c3ccccc3)o2)c([N+](=O)[O-])cc1OC. The molecule has 3 rings (SSSR count). The molecule has 0 spiro atoms. The van der Waals surface area contributed by atoms with Crippen molar-refractivity contribution in [3.8, 4) is 23.0 Å². The summed E-state index contributed by atoms with van der Waals surface area (Å²) in [5, 5.41) is 19.3. The Labute approximate surface area is 171 Å². The molecule has 3 aromatic rings. The summed E-state index contributed by atoms with van der Waals surface area (Å²) >= 11 is 0. The van der Waals surface area contributed by atoms with Crippen molar-refractivity contribution in [2.75, 3.05) is 13.7 Å². The monoisotopic (exact) mass is 413 g/mol. The molecule has 0 aliphatic rings. The molecule has 0 N–H and O–H groups in total. The predicted molar refractivity (Wildman–Crippen MR) is 104 cm³/mol. The van der Waals surface area contributed by atoms with Crippen molar-refractivity contribution in [3.05, 3.63) is 64.0 Å². The van der Waals surface area contributed by atoms with Gasteiger partial charge in [0.25, 0.3) is 11.6 Å². The third kappa shape index (κ3) is 4.37. The molecule has 30 heavy (non-hydrogen) atoms. The lowest BCUT2D eigenvalue weighted by Crippen LogP contribution is -2.12. The molecule has 0 fully saturated rings. The van der Waals surface area contributed by atoms with Gasteiger partial charge >= 0.3 is 5.97 Å². The van der Waals surface area contributed by atoms with E-state index in [1.54, 1.807) is 19.1 Å². The van der Waals surface area contributed by atoms with Crippen molar-refractivity contribution >= 4 is 11.7 Å². The Morgan fingerprint density at radius 1 is 1.20 bits per heavy atom. The number of nitrogens with zero attached hydrogens (tertiary/aromatic N) is 3. The maximum Gasteiger partial charge on any atom is 0.346 e. The second kappa shape index (κ2) is 9.03. The minimum atomic E-state index is -0.933. The van der Waals surface area contributed by atoms with Gasteiger partial charge in [-0.25, -0.2) is 4.79 Å². The zero-order valence-corrected chi connectivity index (χ0v) is 16.5. The van der Waals surface area contributed by atoms with Crippen LogP contribution in [0.25, 0.3) is 11.5 Å². The van der Waals surface area contributed by atoms with Crippen LogP contribution in [-0.4, -0.2) is 34.8 Å². The molecule has 0 saturated carbocycles. The van der Waals surface area contributed by atoms with Gasteiger partial charge in [0, 0.05) is 11.6 Å². The molecule has 156 valence electrons. The van der Waals surface area contributed by atoms with Gasteiger partial charge in [0.05, 0.1) is 24.7 Å². The number of benzene rings is 2. The number of esters is 1. The van der Waals surface area contributed by atoms with E-state index in [9.17, 15) is 14.9 Å². The number of aromatic nitrogens is 2. The molecule has 1 atom stereocenters. The molecule has 0 amide bonds. The van der Waals surface area contributed by atoms with Crippen LogP contribution in [-0.2, 0) is 4.74 Å². The normalized spacial score (nSPS) is 11.6. The number of hydrogen-bond acceptors (Lipinski definition) is 9. The highest BCUT2D eigenvalue weighted by molar-refractivity contribution is 5.95. The van der Waals surface area contributed by atoms with Crippen molar-refractivity contribution in [1.82, 2.24) is 10.2 Å². The van der Waals surface area contributed by atoms with Crippen LogP contribution >= 0.6 is 0 Å². The number of rotatable bonds is 8. The predicted octanol–water partition coefficient (Wildman–Crippen LogP) is 3.97. The molecule has 1 heterocycles. The van der Waals surface area contributed by atoms with Gasteiger partial charge in [0.15, 0.2) is 17.6 Å². The largest absolute Gasteiger partial charge is 0.493 e. The molecular formula is C20H19N3O7. The van der Waals surface area contributed by atoms with Crippen LogP contribution in [0.3, 0.4) is 0 Å². The lowest BCUT2D eigenvalue weighted by molar-refractivity contribution is -0.385. The van der Waals surface area contributed by atoms with Gasteiger partial charge in [-0.3, -0.25) is 10.1 Å². The molecule has 0 radical (unpaired) electrons. The van der Waals surface area contributed by atoms with Crippen LogP contribution in [0.5, 0.6) is 11.5 Å². The Morgan fingerprint density at radius 2 is 1.93 bits per heavy atom. The number of nitro benzene ring substituents is 1. The summed E-state index contributed by atoms with van der Waals surface area (Å²) < 4.78 is 21.4. The Bertz CT molecular complexity index is 1050. The average molecular weight is 413 g/mol. The highest BCUT2D eigenvalue weighted by Crippen LogP contribution is 2.36. The van der Waals surface area contributed by atoms with E-state index in [0.29, 0.717) is 5.56 Å². The fourth-order valence-corrected chi connectivity index (χ4v) is 2.66. The highest BCUT2D eigenvalue weighted by Gasteiger charge is 2.28. The lowest BCUT2D eigenvalue weighted by atomic mass is 10.1. The minimum Gasteiger partial charge on any atom is -0.493 e.